The third-order valence-corrected chi connectivity index (χ3v) is 3.12. The van der Waals surface area contributed by atoms with E-state index in [1.165, 1.54) is 14.2 Å². The second-order valence-corrected chi connectivity index (χ2v) is 4.30. The predicted molar refractivity (Wildman–Crippen MR) is 72.1 cm³/mol. The Morgan fingerprint density at radius 2 is 1.95 bits per heavy atom. The number of amides is 2. The monoisotopic (exact) mass is 276 g/mol. The Morgan fingerprint density at radius 1 is 1.25 bits per heavy atom. The molecule has 1 heterocycles. The first-order valence-corrected chi connectivity index (χ1v) is 6.08. The molecule has 1 aromatic carbocycles. The molecule has 6 nitrogen and oxygen atoms in total. The number of carbonyl (C=O) groups is 2. The molecule has 1 aliphatic rings. The van der Waals surface area contributed by atoms with Crippen LogP contribution in [0.2, 0.25) is 0 Å². The average Bonchev–Trinajstić information content (AvgIpc) is 2.45. The van der Waals surface area contributed by atoms with E-state index >= 15 is 0 Å². The second kappa shape index (κ2) is 5.64. The highest BCUT2D eigenvalue weighted by molar-refractivity contribution is 5.95. The number of urea groups is 1. The third kappa shape index (κ3) is 2.45. The van der Waals surface area contributed by atoms with Gasteiger partial charge in [0.15, 0.2) is 0 Å². The van der Waals surface area contributed by atoms with Crippen LogP contribution in [0.15, 0.2) is 35.5 Å². The molecule has 0 bridgehead atoms. The zero-order valence-corrected chi connectivity index (χ0v) is 11.5. The van der Waals surface area contributed by atoms with Crippen molar-refractivity contribution in [2.75, 3.05) is 14.2 Å². The fourth-order valence-corrected chi connectivity index (χ4v) is 2.21. The van der Waals surface area contributed by atoms with Crippen LogP contribution in [-0.2, 0) is 9.53 Å². The van der Waals surface area contributed by atoms with Crippen LogP contribution in [0.1, 0.15) is 18.5 Å². The van der Waals surface area contributed by atoms with Crippen molar-refractivity contribution in [3.63, 3.8) is 0 Å². The van der Waals surface area contributed by atoms with Gasteiger partial charge in [0.1, 0.15) is 5.75 Å². The molecule has 0 fully saturated rings. The van der Waals surface area contributed by atoms with Gasteiger partial charge >= 0.3 is 12.0 Å². The summed E-state index contributed by atoms with van der Waals surface area (Å²) in [6.07, 6.45) is 0. The van der Waals surface area contributed by atoms with Gasteiger partial charge in [-0.3, -0.25) is 0 Å². The van der Waals surface area contributed by atoms with E-state index in [1.807, 2.05) is 12.1 Å². The Labute approximate surface area is 116 Å². The molecule has 2 N–H and O–H groups in total. The molecule has 0 aliphatic carbocycles. The molecule has 0 spiro atoms. The van der Waals surface area contributed by atoms with E-state index in [1.54, 1.807) is 19.1 Å². The number of allylic oxidation sites excluding steroid dienone is 1. The fraction of sp³-hybridized carbons (Fsp3) is 0.286. The van der Waals surface area contributed by atoms with Crippen LogP contribution >= 0.6 is 0 Å². The Hall–Kier alpha value is -2.50. The average molecular weight is 276 g/mol. The lowest BCUT2D eigenvalue weighted by Crippen LogP contribution is -2.45. The summed E-state index contributed by atoms with van der Waals surface area (Å²) in [7, 11) is 2.84. The van der Waals surface area contributed by atoms with Crippen LogP contribution in [0.3, 0.4) is 0 Å². The molecule has 1 aromatic rings. The lowest BCUT2D eigenvalue weighted by atomic mass is 9.95. The summed E-state index contributed by atoms with van der Waals surface area (Å²) in [6, 6.07) is 6.23. The van der Waals surface area contributed by atoms with Crippen LogP contribution in [0.5, 0.6) is 5.75 Å². The van der Waals surface area contributed by atoms with Crippen molar-refractivity contribution < 1.29 is 19.1 Å². The van der Waals surface area contributed by atoms with Crippen molar-refractivity contribution in [2.45, 2.75) is 13.0 Å². The van der Waals surface area contributed by atoms with E-state index in [2.05, 4.69) is 10.6 Å². The van der Waals surface area contributed by atoms with Crippen molar-refractivity contribution in [1.29, 1.82) is 0 Å². The van der Waals surface area contributed by atoms with Crippen LogP contribution in [-0.4, -0.2) is 26.2 Å². The van der Waals surface area contributed by atoms with E-state index < -0.39 is 12.0 Å². The highest BCUT2D eigenvalue weighted by Crippen LogP contribution is 2.33. The standard InChI is InChI=1S/C14H16N2O4/c1-8-11(13(17)20-3)12(16-14(18)15-8)9-6-4-5-7-10(9)19-2/h4-7,12H,1-3H3,(H2,15,16,18)/t12-/m0/s1. The predicted octanol–water partition coefficient (Wildman–Crippen LogP) is 1.50. The number of rotatable bonds is 3. The number of carbonyl (C=O) groups excluding carboxylic acids is 2. The molecule has 20 heavy (non-hydrogen) atoms. The van der Waals surface area contributed by atoms with Crippen LogP contribution < -0.4 is 15.4 Å². The maximum atomic E-state index is 12.0. The van der Waals surface area contributed by atoms with Gasteiger partial charge in [0, 0.05) is 11.3 Å². The maximum absolute atomic E-state index is 12.0. The summed E-state index contributed by atoms with van der Waals surface area (Å²) >= 11 is 0. The lowest BCUT2D eigenvalue weighted by molar-refractivity contribution is -0.136. The molecule has 0 saturated carbocycles. The minimum Gasteiger partial charge on any atom is -0.496 e. The SMILES string of the molecule is COC(=O)C1=C(C)NC(=O)N[C@H]1c1ccccc1OC. The first kappa shape index (κ1) is 13.9. The second-order valence-electron chi connectivity index (χ2n) is 4.30. The van der Waals surface area contributed by atoms with Gasteiger partial charge in [0.05, 0.1) is 25.8 Å². The number of benzene rings is 1. The quantitative estimate of drug-likeness (QED) is 0.820. The van der Waals surface area contributed by atoms with Crippen molar-refractivity contribution in [3.05, 3.63) is 41.1 Å². The van der Waals surface area contributed by atoms with Gasteiger partial charge in [0.2, 0.25) is 0 Å². The van der Waals surface area contributed by atoms with Crippen LogP contribution in [0.25, 0.3) is 0 Å². The summed E-state index contributed by atoms with van der Waals surface area (Å²) in [5.74, 6) is 0.0970. The number of hydrogen-bond donors (Lipinski definition) is 2. The van der Waals surface area contributed by atoms with Crippen molar-refractivity contribution in [3.8, 4) is 5.75 Å². The van der Waals surface area contributed by atoms with Crippen LogP contribution in [0.4, 0.5) is 4.79 Å². The smallest absolute Gasteiger partial charge is 0.337 e. The Bertz CT molecular complexity index is 580. The molecular formula is C14H16N2O4. The van der Waals surface area contributed by atoms with Crippen molar-refractivity contribution >= 4 is 12.0 Å². The minimum atomic E-state index is -0.604. The molecule has 6 heteroatoms. The Morgan fingerprint density at radius 3 is 2.60 bits per heavy atom. The number of para-hydroxylation sites is 1. The number of methoxy groups -OCH3 is 2. The van der Waals surface area contributed by atoms with Crippen molar-refractivity contribution in [1.82, 2.24) is 10.6 Å². The van der Waals surface area contributed by atoms with Gasteiger partial charge in [-0.05, 0) is 13.0 Å². The molecule has 0 aromatic heterocycles. The highest BCUT2D eigenvalue weighted by atomic mass is 16.5. The van der Waals surface area contributed by atoms with Gasteiger partial charge in [-0.15, -0.1) is 0 Å². The van der Waals surface area contributed by atoms with Gasteiger partial charge in [-0.25, -0.2) is 9.59 Å². The van der Waals surface area contributed by atoms with E-state index in [0.29, 0.717) is 22.6 Å². The zero-order chi connectivity index (χ0) is 14.7. The summed E-state index contributed by atoms with van der Waals surface area (Å²) in [4.78, 5) is 23.6. The van der Waals surface area contributed by atoms with Gasteiger partial charge in [-0.2, -0.15) is 0 Å². The first-order chi connectivity index (χ1) is 9.58. The molecule has 0 saturated heterocycles. The van der Waals surface area contributed by atoms with Crippen LogP contribution in [0, 0.1) is 0 Å². The molecule has 2 amide bonds. The molecule has 0 unspecified atom stereocenters. The highest BCUT2D eigenvalue weighted by Gasteiger charge is 2.33. The molecular weight excluding hydrogens is 260 g/mol. The maximum Gasteiger partial charge on any atom is 0.337 e. The largest absolute Gasteiger partial charge is 0.496 e. The Balaban J connectivity index is 2.54. The summed E-state index contributed by atoms with van der Waals surface area (Å²) in [5, 5.41) is 5.28. The van der Waals surface area contributed by atoms with E-state index in [9.17, 15) is 9.59 Å². The number of ether oxygens (including phenoxy) is 2. The van der Waals surface area contributed by atoms with Crippen molar-refractivity contribution in [2.24, 2.45) is 0 Å². The summed E-state index contributed by atoms with van der Waals surface area (Å²) < 4.78 is 10.1. The normalized spacial score (nSPS) is 18.1. The van der Waals surface area contributed by atoms with E-state index in [4.69, 9.17) is 9.47 Å². The lowest BCUT2D eigenvalue weighted by Gasteiger charge is -2.28. The number of nitrogens with one attached hydrogen (secondary N) is 2. The van der Waals surface area contributed by atoms with E-state index in [-0.39, 0.29) is 6.03 Å². The molecule has 2 rings (SSSR count). The zero-order valence-electron chi connectivity index (χ0n) is 11.5. The number of hydrogen-bond acceptors (Lipinski definition) is 4. The summed E-state index contributed by atoms with van der Waals surface area (Å²) in [6.45, 7) is 1.66. The minimum absolute atomic E-state index is 0.358. The molecule has 106 valence electrons. The molecule has 1 atom stereocenters. The number of esters is 1. The van der Waals surface area contributed by atoms with Gasteiger partial charge in [0.25, 0.3) is 0 Å². The first-order valence-electron chi connectivity index (χ1n) is 6.08. The van der Waals surface area contributed by atoms with E-state index in [0.717, 1.165) is 0 Å². The van der Waals surface area contributed by atoms with Gasteiger partial charge < -0.3 is 20.1 Å². The topological polar surface area (TPSA) is 76.7 Å². The molecule has 1 aliphatic heterocycles. The fourth-order valence-electron chi connectivity index (χ4n) is 2.21. The Kier molecular flexibility index (Phi) is 3.93. The third-order valence-electron chi connectivity index (χ3n) is 3.12. The van der Waals surface area contributed by atoms with Gasteiger partial charge in [-0.1, -0.05) is 18.2 Å². The molecule has 0 radical (unpaired) electrons. The summed E-state index contributed by atoms with van der Waals surface area (Å²) in [5.41, 5.74) is 1.53.